The van der Waals surface area contributed by atoms with Crippen molar-refractivity contribution in [1.29, 1.82) is 0 Å². The van der Waals surface area contributed by atoms with Crippen molar-refractivity contribution in [3.8, 4) is 0 Å². The Morgan fingerprint density at radius 1 is 1.52 bits per heavy atom. The number of nitrogens with zero attached hydrogens (tertiary/aromatic N) is 2. The molecule has 3 heterocycles. The summed E-state index contributed by atoms with van der Waals surface area (Å²) < 4.78 is 5.28. The van der Waals surface area contributed by atoms with Gasteiger partial charge in [-0.05, 0) is 19.4 Å². The van der Waals surface area contributed by atoms with Crippen LogP contribution in [0.4, 0.5) is 5.13 Å². The zero-order chi connectivity index (χ0) is 14.9. The zero-order valence-corrected chi connectivity index (χ0v) is 13.2. The van der Waals surface area contributed by atoms with Gasteiger partial charge in [0.2, 0.25) is 5.91 Å². The molecule has 0 spiro atoms. The van der Waals surface area contributed by atoms with E-state index in [0.717, 1.165) is 31.7 Å². The first-order valence-corrected chi connectivity index (χ1v) is 8.31. The number of fused-ring (bicyclic) bond motifs is 1. The number of nitrogens with one attached hydrogen (secondary N) is 1. The van der Waals surface area contributed by atoms with Crippen LogP contribution >= 0.6 is 11.3 Å². The van der Waals surface area contributed by atoms with Crippen molar-refractivity contribution in [3.05, 3.63) is 10.6 Å². The van der Waals surface area contributed by atoms with Gasteiger partial charge in [0.1, 0.15) is 5.54 Å². The predicted molar refractivity (Wildman–Crippen MR) is 82.4 cm³/mol. The number of carbonyl (C=O) groups is 1. The Kier molecular flexibility index (Phi) is 4.26. The van der Waals surface area contributed by atoms with Crippen LogP contribution in [0.2, 0.25) is 0 Å². The van der Waals surface area contributed by atoms with E-state index < -0.39 is 5.54 Å². The van der Waals surface area contributed by atoms with E-state index in [-0.39, 0.29) is 5.91 Å². The molecule has 7 heteroatoms. The van der Waals surface area contributed by atoms with Gasteiger partial charge in [-0.2, -0.15) is 0 Å². The summed E-state index contributed by atoms with van der Waals surface area (Å²) in [6, 6.07) is 0. The molecule has 6 nitrogen and oxygen atoms in total. The van der Waals surface area contributed by atoms with E-state index in [4.69, 9.17) is 10.5 Å². The summed E-state index contributed by atoms with van der Waals surface area (Å²) in [4.78, 5) is 20.6. The fourth-order valence-corrected chi connectivity index (χ4v) is 3.80. The van der Waals surface area contributed by atoms with E-state index in [1.807, 2.05) is 0 Å². The summed E-state index contributed by atoms with van der Waals surface area (Å²) in [6.45, 7) is 6.27. The monoisotopic (exact) mass is 310 g/mol. The Morgan fingerprint density at radius 2 is 2.29 bits per heavy atom. The van der Waals surface area contributed by atoms with Gasteiger partial charge in [0.15, 0.2) is 5.13 Å². The molecule has 3 rings (SSSR count). The van der Waals surface area contributed by atoms with E-state index in [1.54, 1.807) is 11.3 Å². The molecule has 0 bridgehead atoms. The van der Waals surface area contributed by atoms with Gasteiger partial charge in [0.05, 0.1) is 5.69 Å². The maximum absolute atomic E-state index is 12.4. The first-order valence-electron chi connectivity index (χ1n) is 7.50. The van der Waals surface area contributed by atoms with Crippen molar-refractivity contribution in [2.45, 2.75) is 38.3 Å². The van der Waals surface area contributed by atoms with Crippen LogP contribution in [0.5, 0.6) is 0 Å². The van der Waals surface area contributed by atoms with Gasteiger partial charge >= 0.3 is 0 Å². The molecule has 2 aliphatic heterocycles. The third-order valence-corrected chi connectivity index (χ3v) is 5.31. The van der Waals surface area contributed by atoms with Crippen LogP contribution in [-0.2, 0) is 22.5 Å². The smallest absolute Gasteiger partial charge is 0.246 e. The minimum absolute atomic E-state index is 0.135. The summed E-state index contributed by atoms with van der Waals surface area (Å²) in [7, 11) is 0. The van der Waals surface area contributed by atoms with Crippen molar-refractivity contribution in [2.24, 2.45) is 5.73 Å². The van der Waals surface area contributed by atoms with E-state index in [2.05, 4.69) is 22.1 Å². The fraction of sp³-hybridized carbons (Fsp3) is 0.714. The van der Waals surface area contributed by atoms with Crippen LogP contribution in [0.15, 0.2) is 0 Å². The van der Waals surface area contributed by atoms with Gasteiger partial charge in [-0.1, -0.05) is 6.92 Å². The van der Waals surface area contributed by atoms with Crippen LogP contribution in [0.25, 0.3) is 0 Å². The van der Waals surface area contributed by atoms with Crippen LogP contribution in [0, 0.1) is 0 Å². The molecule has 1 fully saturated rings. The zero-order valence-electron chi connectivity index (χ0n) is 12.4. The quantitative estimate of drug-likeness (QED) is 0.869. The highest BCUT2D eigenvalue weighted by atomic mass is 32.1. The van der Waals surface area contributed by atoms with Crippen LogP contribution < -0.4 is 11.1 Å². The molecule has 0 aromatic carbocycles. The fourth-order valence-electron chi connectivity index (χ4n) is 2.76. The second-order valence-corrected chi connectivity index (χ2v) is 6.81. The highest BCUT2D eigenvalue weighted by Crippen LogP contribution is 2.29. The molecule has 1 aromatic heterocycles. The average Bonchev–Trinajstić information content (AvgIpc) is 2.89. The lowest BCUT2D eigenvalue weighted by Crippen LogP contribution is -2.54. The van der Waals surface area contributed by atoms with E-state index in [9.17, 15) is 4.79 Å². The number of anilines is 1. The molecule has 0 atom stereocenters. The van der Waals surface area contributed by atoms with E-state index in [1.165, 1.54) is 4.88 Å². The topological polar surface area (TPSA) is 80.5 Å². The van der Waals surface area contributed by atoms with Crippen molar-refractivity contribution < 1.29 is 9.53 Å². The summed E-state index contributed by atoms with van der Waals surface area (Å²) in [5, 5.41) is 3.59. The van der Waals surface area contributed by atoms with Gasteiger partial charge in [-0.25, -0.2) is 4.98 Å². The number of carbonyl (C=O) groups excluding carboxylic acids is 1. The second kappa shape index (κ2) is 6.00. The summed E-state index contributed by atoms with van der Waals surface area (Å²) in [5.74, 6) is -0.135. The highest BCUT2D eigenvalue weighted by Gasteiger charge is 2.36. The molecule has 1 amide bonds. The third-order valence-electron chi connectivity index (χ3n) is 4.32. The second-order valence-electron chi connectivity index (χ2n) is 5.73. The van der Waals surface area contributed by atoms with Gasteiger partial charge in [0.25, 0.3) is 0 Å². The Balaban J connectivity index is 1.68. The van der Waals surface area contributed by atoms with Crippen molar-refractivity contribution in [1.82, 2.24) is 9.88 Å². The molecular weight excluding hydrogens is 288 g/mol. The lowest BCUT2D eigenvalue weighted by atomic mass is 9.90. The molecule has 3 N–H and O–H groups in total. The number of likely N-dealkylation sites (N-methyl/N-ethyl adjacent to an activating group) is 1. The third kappa shape index (κ3) is 3.11. The van der Waals surface area contributed by atoms with Crippen molar-refractivity contribution in [2.75, 3.05) is 31.6 Å². The van der Waals surface area contributed by atoms with Crippen molar-refractivity contribution >= 4 is 22.4 Å². The van der Waals surface area contributed by atoms with Gasteiger partial charge in [-0.3, -0.25) is 9.69 Å². The van der Waals surface area contributed by atoms with Crippen LogP contribution in [0.3, 0.4) is 0 Å². The Bertz CT molecular complexity index is 525. The summed E-state index contributed by atoms with van der Waals surface area (Å²) >= 11 is 1.57. The molecule has 0 unspecified atom stereocenters. The number of hydrogen-bond donors (Lipinski definition) is 2. The Labute approximate surface area is 128 Å². The number of hydrogen-bond acceptors (Lipinski definition) is 6. The first kappa shape index (κ1) is 14.9. The van der Waals surface area contributed by atoms with Crippen molar-refractivity contribution in [3.63, 3.8) is 0 Å². The SMILES string of the molecule is CCN1CCc2nc(NC(=O)C3(N)CCOCC3)sc2C1. The van der Waals surface area contributed by atoms with Crippen LogP contribution in [-0.4, -0.2) is 47.6 Å². The average molecular weight is 310 g/mol. The molecule has 0 aliphatic carbocycles. The lowest BCUT2D eigenvalue weighted by molar-refractivity contribution is -0.124. The Morgan fingerprint density at radius 3 is 3.00 bits per heavy atom. The largest absolute Gasteiger partial charge is 0.381 e. The molecule has 1 aromatic rings. The molecule has 2 aliphatic rings. The highest BCUT2D eigenvalue weighted by molar-refractivity contribution is 7.15. The summed E-state index contributed by atoms with van der Waals surface area (Å²) in [5.41, 5.74) is 6.50. The molecular formula is C14H22N4O2S. The Hall–Kier alpha value is -1.02. The number of rotatable bonds is 3. The molecule has 21 heavy (non-hydrogen) atoms. The molecule has 1 saturated heterocycles. The number of thiazole rings is 1. The first-order chi connectivity index (χ1) is 10.1. The standard InChI is InChI=1S/C14H22N4O2S/c1-2-18-6-3-10-11(9-18)21-13(16-10)17-12(19)14(15)4-7-20-8-5-14/h2-9,15H2,1H3,(H,16,17,19). The summed E-state index contributed by atoms with van der Waals surface area (Å²) in [6.07, 6.45) is 2.08. The molecule has 0 saturated carbocycles. The maximum atomic E-state index is 12.4. The van der Waals surface area contributed by atoms with Gasteiger partial charge in [-0.15, -0.1) is 11.3 Å². The number of nitrogens with two attached hydrogens (primary N) is 1. The number of ether oxygens (including phenoxy) is 1. The normalized spacial score (nSPS) is 21.8. The van der Waals surface area contributed by atoms with E-state index >= 15 is 0 Å². The minimum Gasteiger partial charge on any atom is -0.381 e. The number of amides is 1. The molecule has 116 valence electrons. The van der Waals surface area contributed by atoms with E-state index in [0.29, 0.717) is 31.2 Å². The van der Waals surface area contributed by atoms with Gasteiger partial charge in [0, 0.05) is 37.6 Å². The predicted octanol–water partition coefficient (Wildman–Crippen LogP) is 0.967. The lowest BCUT2D eigenvalue weighted by Gasteiger charge is -2.31. The van der Waals surface area contributed by atoms with Crippen LogP contribution in [0.1, 0.15) is 30.3 Å². The minimum atomic E-state index is -0.820. The molecule has 0 radical (unpaired) electrons. The maximum Gasteiger partial charge on any atom is 0.246 e. The number of aromatic nitrogens is 1. The van der Waals surface area contributed by atoms with Gasteiger partial charge < -0.3 is 15.8 Å².